The quantitative estimate of drug-likeness (QED) is 0.798. The molecule has 2 heterocycles. The van der Waals surface area contributed by atoms with Crippen molar-refractivity contribution in [2.45, 2.75) is 62.6 Å². The zero-order valence-electron chi connectivity index (χ0n) is 13.3. The van der Waals surface area contributed by atoms with E-state index in [0.717, 1.165) is 25.3 Å². The fraction of sp³-hybridized carbons (Fsp3) is 0.938. The molecule has 3 rings (SSSR count). The van der Waals surface area contributed by atoms with Gasteiger partial charge in [0, 0.05) is 18.6 Å². The van der Waals surface area contributed by atoms with E-state index < -0.39 is 5.54 Å². The van der Waals surface area contributed by atoms with Gasteiger partial charge in [0.2, 0.25) is 5.91 Å². The third-order valence-electron chi connectivity index (χ3n) is 6.03. The maximum absolute atomic E-state index is 11.9. The predicted molar refractivity (Wildman–Crippen MR) is 84.0 cm³/mol. The van der Waals surface area contributed by atoms with Gasteiger partial charge in [0.05, 0.1) is 5.54 Å². The molecule has 0 bridgehead atoms. The van der Waals surface area contributed by atoms with Crippen LogP contribution in [-0.4, -0.2) is 66.6 Å². The Hall–Kier alpha value is -0.650. The summed E-state index contributed by atoms with van der Waals surface area (Å²) >= 11 is 0. The summed E-state index contributed by atoms with van der Waals surface area (Å²) < 4.78 is 0. The van der Waals surface area contributed by atoms with Crippen molar-refractivity contribution in [3.05, 3.63) is 0 Å². The van der Waals surface area contributed by atoms with Crippen molar-refractivity contribution in [3.63, 3.8) is 0 Å². The molecular formula is C16H30N4O. The topological polar surface area (TPSA) is 61.6 Å². The van der Waals surface area contributed by atoms with Gasteiger partial charge >= 0.3 is 0 Å². The minimum atomic E-state index is -0.482. The van der Waals surface area contributed by atoms with Crippen LogP contribution in [0.4, 0.5) is 0 Å². The van der Waals surface area contributed by atoms with E-state index in [4.69, 9.17) is 5.73 Å². The lowest BCUT2D eigenvalue weighted by Crippen LogP contribution is -2.60. The predicted octanol–water partition coefficient (Wildman–Crippen LogP) is 0.543. The standard InChI is InChI=1S/C16H30N4O/c1-18-16(15(17)21)7-2-5-13(11-16)20-10-4-9-19-8-3-6-14(19)12-20/h13-14,18H,2-12H2,1H3,(H2,17,21). The molecule has 0 radical (unpaired) electrons. The highest BCUT2D eigenvalue weighted by Crippen LogP contribution is 2.33. The number of carbonyl (C=O) groups excluding carboxylic acids is 1. The molecule has 5 heteroatoms. The lowest BCUT2D eigenvalue weighted by molar-refractivity contribution is -0.126. The Labute approximate surface area is 128 Å². The molecule has 5 nitrogen and oxygen atoms in total. The number of likely N-dealkylation sites (N-methyl/N-ethyl adjacent to an activating group) is 1. The number of nitrogens with zero attached hydrogens (tertiary/aromatic N) is 2. The normalized spacial score (nSPS) is 38.9. The van der Waals surface area contributed by atoms with Crippen LogP contribution in [0, 0.1) is 0 Å². The fourth-order valence-electron chi connectivity index (χ4n) is 4.70. The summed E-state index contributed by atoms with van der Waals surface area (Å²) in [4.78, 5) is 17.2. The number of amides is 1. The van der Waals surface area contributed by atoms with E-state index in [1.54, 1.807) is 0 Å². The molecule has 3 aliphatic rings. The molecule has 2 aliphatic heterocycles. The van der Waals surface area contributed by atoms with Crippen LogP contribution in [0.15, 0.2) is 0 Å². The Balaban J connectivity index is 1.69. The second-order valence-electron chi connectivity index (χ2n) is 7.13. The number of rotatable bonds is 3. The van der Waals surface area contributed by atoms with E-state index in [1.165, 1.54) is 51.9 Å². The lowest BCUT2D eigenvalue weighted by atomic mass is 9.77. The summed E-state index contributed by atoms with van der Waals surface area (Å²) in [6.45, 7) is 4.89. The number of hydrogen-bond donors (Lipinski definition) is 2. The van der Waals surface area contributed by atoms with E-state index in [9.17, 15) is 4.79 Å². The molecule has 3 unspecified atom stereocenters. The first-order chi connectivity index (χ1) is 10.1. The fourth-order valence-corrected chi connectivity index (χ4v) is 4.70. The van der Waals surface area contributed by atoms with Gasteiger partial charge in [-0.15, -0.1) is 0 Å². The number of primary amides is 1. The van der Waals surface area contributed by atoms with Crippen molar-refractivity contribution in [2.75, 3.05) is 33.2 Å². The lowest BCUT2D eigenvalue weighted by Gasteiger charge is -2.43. The van der Waals surface area contributed by atoms with Gasteiger partial charge in [-0.25, -0.2) is 0 Å². The molecule has 120 valence electrons. The van der Waals surface area contributed by atoms with Crippen LogP contribution in [-0.2, 0) is 4.79 Å². The summed E-state index contributed by atoms with van der Waals surface area (Å²) in [7, 11) is 1.88. The first kappa shape index (κ1) is 15.3. The van der Waals surface area contributed by atoms with E-state index >= 15 is 0 Å². The van der Waals surface area contributed by atoms with E-state index in [-0.39, 0.29) is 5.91 Å². The number of nitrogens with one attached hydrogen (secondary N) is 1. The number of fused-ring (bicyclic) bond motifs is 1. The van der Waals surface area contributed by atoms with Gasteiger partial charge < -0.3 is 11.1 Å². The maximum Gasteiger partial charge on any atom is 0.237 e. The van der Waals surface area contributed by atoms with Crippen LogP contribution in [0.25, 0.3) is 0 Å². The summed E-state index contributed by atoms with van der Waals surface area (Å²) in [5.74, 6) is -0.174. The second kappa shape index (κ2) is 6.23. The Morgan fingerprint density at radius 1 is 1.10 bits per heavy atom. The van der Waals surface area contributed by atoms with Crippen LogP contribution < -0.4 is 11.1 Å². The average Bonchev–Trinajstić information content (AvgIpc) is 2.84. The summed E-state index contributed by atoms with van der Waals surface area (Å²) in [5, 5.41) is 3.24. The average molecular weight is 294 g/mol. The molecule has 0 aromatic carbocycles. The van der Waals surface area contributed by atoms with E-state index in [2.05, 4.69) is 15.1 Å². The Kier molecular flexibility index (Phi) is 4.52. The van der Waals surface area contributed by atoms with Crippen LogP contribution in [0.1, 0.15) is 44.9 Å². The van der Waals surface area contributed by atoms with Crippen molar-refractivity contribution < 1.29 is 4.79 Å². The smallest absolute Gasteiger partial charge is 0.237 e. The van der Waals surface area contributed by atoms with Crippen molar-refractivity contribution in [1.29, 1.82) is 0 Å². The van der Waals surface area contributed by atoms with Gasteiger partial charge in [-0.3, -0.25) is 14.6 Å². The van der Waals surface area contributed by atoms with Gasteiger partial charge in [-0.1, -0.05) is 0 Å². The third-order valence-corrected chi connectivity index (χ3v) is 6.03. The molecule has 3 fully saturated rings. The third kappa shape index (κ3) is 2.96. The molecular weight excluding hydrogens is 264 g/mol. The van der Waals surface area contributed by atoms with Gasteiger partial charge in [0.15, 0.2) is 0 Å². The van der Waals surface area contributed by atoms with Crippen molar-refractivity contribution in [1.82, 2.24) is 15.1 Å². The summed E-state index contributed by atoms with van der Waals surface area (Å²) in [5.41, 5.74) is 5.21. The Bertz CT molecular complexity index is 388. The van der Waals surface area contributed by atoms with Crippen molar-refractivity contribution >= 4 is 5.91 Å². The van der Waals surface area contributed by atoms with Crippen LogP contribution in [0.3, 0.4) is 0 Å². The summed E-state index contributed by atoms with van der Waals surface area (Å²) in [6.07, 6.45) is 8.03. The molecule has 0 aromatic heterocycles. The number of carbonyl (C=O) groups is 1. The highest BCUT2D eigenvalue weighted by Gasteiger charge is 2.42. The molecule has 2 saturated heterocycles. The minimum Gasteiger partial charge on any atom is -0.368 e. The second-order valence-corrected chi connectivity index (χ2v) is 7.13. The first-order valence-corrected chi connectivity index (χ1v) is 8.61. The molecule has 0 spiro atoms. The molecule has 1 saturated carbocycles. The minimum absolute atomic E-state index is 0.174. The Morgan fingerprint density at radius 2 is 1.81 bits per heavy atom. The first-order valence-electron chi connectivity index (χ1n) is 8.61. The zero-order chi connectivity index (χ0) is 14.9. The number of nitrogens with two attached hydrogens (primary N) is 1. The van der Waals surface area contributed by atoms with Gasteiger partial charge in [-0.2, -0.15) is 0 Å². The van der Waals surface area contributed by atoms with E-state index in [1.807, 2.05) is 7.05 Å². The molecule has 1 amide bonds. The van der Waals surface area contributed by atoms with Crippen molar-refractivity contribution in [3.8, 4) is 0 Å². The van der Waals surface area contributed by atoms with E-state index in [0.29, 0.717) is 6.04 Å². The molecule has 21 heavy (non-hydrogen) atoms. The van der Waals surface area contributed by atoms with Crippen LogP contribution >= 0.6 is 0 Å². The van der Waals surface area contributed by atoms with Crippen LogP contribution in [0.2, 0.25) is 0 Å². The zero-order valence-corrected chi connectivity index (χ0v) is 13.3. The molecule has 3 N–H and O–H groups in total. The highest BCUT2D eigenvalue weighted by molar-refractivity contribution is 5.84. The van der Waals surface area contributed by atoms with Gasteiger partial charge in [0.25, 0.3) is 0 Å². The highest BCUT2D eigenvalue weighted by atomic mass is 16.1. The maximum atomic E-state index is 11.9. The van der Waals surface area contributed by atoms with Gasteiger partial charge in [0.1, 0.15) is 0 Å². The monoisotopic (exact) mass is 294 g/mol. The van der Waals surface area contributed by atoms with Crippen molar-refractivity contribution in [2.24, 2.45) is 5.73 Å². The van der Waals surface area contributed by atoms with Gasteiger partial charge in [-0.05, 0) is 71.6 Å². The molecule has 3 atom stereocenters. The number of hydrogen-bond acceptors (Lipinski definition) is 4. The molecule has 1 aliphatic carbocycles. The SMILES string of the molecule is CNC1(C(N)=O)CCCC(N2CCCN3CCCC3C2)C1. The van der Waals surface area contributed by atoms with Crippen LogP contribution in [0.5, 0.6) is 0 Å². The summed E-state index contributed by atoms with van der Waals surface area (Å²) in [6, 6.07) is 1.26. The Morgan fingerprint density at radius 3 is 2.57 bits per heavy atom. The molecule has 0 aromatic rings. The largest absolute Gasteiger partial charge is 0.368 e.